The summed E-state index contributed by atoms with van der Waals surface area (Å²) in [5.41, 5.74) is 1.06. The molecule has 28 heavy (non-hydrogen) atoms. The second-order valence-corrected chi connectivity index (χ2v) is 8.38. The molecule has 3 nitrogen and oxygen atoms in total. The lowest BCUT2D eigenvalue weighted by molar-refractivity contribution is -0.129. The summed E-state index contributed by atoms with van der Waals surface area (Å²) in [5, 5.41) is 1.14. The van der Waals surface area contributed by atoms with Crippen LogP contribution >= 0.6 is 23.2 Å². The van der Waals surface area contributed by atoms with E-state index < -0.39 is 0 Å². The van der Waals surface area contributed by atoms with Gasteiger partial charge in [-0.15, -0.1) is 0 Å². The third-order valence-corrected chi connectivity index (χ3v) is 5.94. The number of carbonyl (C=O) groups excluding carboxylic acids is 1. The summed E-state index contributed by atoms with van der Waals surface area (Å²) in [7, 11) is 0. The highest BCUT2D eigenvalue weighted by Gasteiger charge is 2.19. The van der Waals surface area contributed by atoms with Crippen LogP contribution in [0.5, 0.6) is 0 Å². The van der Waals surface area contributed by atoms with Crippen LogP contribution in [-0.2, 0) is 4.79 Å². The molecule has 1 aliphatic rings. The van der Waals surface area contributed by atoms with E-state index in [-0.39, 0.29) is 5.91 Å². The molecule has 1 aromatic carbocycles. The van der Waals surface area contributed by atoms with Crippen LogP contribution in [0.25, 0.3) is 0 Å². The standard InChI is InChI=1S/C12H14Cl2N2O.C11H24/c1-9(17)15-4-6-16(7-5-15)10-2-3-11(13)12(14)8-10;1-3-5-7-9-11-10-8-6-4-2/h2-3,8H,4-7H2,1H3;3-11H2,1-2H3. The van der Waals surface area contributed by atoms with Crippen LogP contribution in [-0.4, -0.2) is 37.0 Å². The second-order valence-electron chi connectivity index (χ2n) is 7.57. The molecule has 1 heterocycles. The molecule has 1 saturated heterocycles. The highest BCUT2D eigenvalue weighted by Crippen LogP contribution is 2.27. The van der Waals surface area contributed by atoms with E-state index in [0.29, 0.717) is 10.0 Å². The van der Waals surface area contributed by atoms with Gasteiger partial charge >= 0.3 is 0 Å². The number of halogens is 2. The van der Waals surface area contributed by atoms with Gasteiger partial charge in [-0.2, -0.15) is 0 Å². The molecule has 0 saturated carbocycles. The first-order valence-electron chi connectivity index (χ1n) is 10.9. The largest absolute Gasteiger partial charge is 0.368 e. The Bertz CT molecular complexity index is 550. The number of carbonyl (C=O) groups is 1. The van der Waals surface area contributed by atoms with Crippen molar-refractivity contribution in [3.63, 3.8) is 0 Å². The average molecular weight is 429 g/mol. The SMILES string of the molecule is CC(=O)N1CCN(c2ccc(Cl)c(Cl)c2)CC1.CCCCCCCCCCC. The Morgan fingerprint density at radius 3 is 1.75 bits per heavy atom. The monoisotopic (exact) mass is 428 g/mol. The molecule has 0 aliphatic carbocycles. The molecule has 0 atom stereocenters. The fraction of sp³-hybridized carbons (Fsp3) is 0.696. The first-order chi connectivity index (χ1) is 13.5. The van der Waals surface area contributed by atoms with Crippen molar-refractivity contribution in [2.45, 2.75) is 78.6 Å². The number of amides is 1. The van der Waals surface area contributed by atoms with Gasteiger partial charge in [-0.3, -0.25) is 4.79 Å². The summed E-state index contributed by atoms with van der Waals surface area (Å²) in [4.78, 5) is 15.3. The first-order valence-corrected chi connectivity index (χ1v) is 11.7. The molecule has 1 aliphatic heterocycles. The number of hydrogen-bond donors (Lipinski definition) is 0. The number of benzene rings is 1. The smallest absolute Gasteiger partial charge is 0.219 e. The summed E-state index contributed by atoms with van der Waals surface area (Å²) in [6, 6.07) is 5.63. The summed E-state index contributed by atoms with van der Waals surface area (Å²) < 4.78 is 0. The van der Waals surface area contributed by atoms with Crippen molar-refractivity contribution in [2.24, 2.45) is 0 Å². The third kappa shape index (κ3) is 10.0. The molecule has 0 aromatic heterocycles. The minimum Gasteiger partial charge on any atom is -0.368 e. The molecule has 0 spiro atoms. The number of piperazine rings is 1. The Morgan fingerprint density at radius 2 is 1.32 bits per heavy atom. The van der Waals surface area contributed by atoms with E-state index in [2.05, 4.69) is 18.7 Å². The van der Waals surface area contributed by atoms with Gasteiger partial charge in [-0.25, -0.2) is 0 Å². The zero-order chi connectivity index (χ0) is 20.8. The highest BCUT2D eigenvalue weighted by atomic mass is 35.5. The highest BCUT2D eigenvalue weighted by molar-refractivity contribution is 6.42. The maximum Gasteiger partial charge on any atom is 0.219 e. The fourth-order valence-electron chi connectivity index (χ4n) is 3.35. The maximum atomic E-state index is 11.2. The van der Waals surface area contributed by atoms with Gasteiger partial charge in [-0.05, 0) is 18.2 Å². The summed E-state index contributed by atoms with van der Waals surface area (Å²) in [6.07, 6.45) is 13.0. The van der Waals surface area contributed by atoms with Crippen molar-refractivity contribution in [3.05, 3.63) is 28.2 Å². The zero-order valence-electron chi connectivity index (χ0n) is 18.0. The Kier molecular flexibility index (Phi) is 13.4. The molecule has 1 amide bonds. The van der Waals surface area contributed by atoms with Gasteiger partial charge in [0, 0.05) is 38.8 Å². The molecule has 1 fully saturated rings. The number of nitrogens with zero attached hydrogens (tertiary/aromatic N) is 2. The zero-order valence-corrected chi connectivity index (χ0v) is 19.5. The van der Waals surface area contributed by atoms with E-state index in [4.69, 9.17) is 23.2 Å². The Hall–Kier alpha value is -0.930. The Balaban J connectivity index is 0.000000311. The van der Waals surface area contributed by atoms with Crippen LogP contribution in [0.2, 0.25) is 10.0 Å². The van der Waals surface area contributed by atoms with Crippen LogP contribution in [0.4, 0.5) is 5.69 Å². The van der Waals surface area contributed by atoms with Crippen molar-refractivity contribution in [1.82, 2.24) is 4.90 Å². The van der Waals surface area contributed by atoms with E-state index in [1.165, 1.54) is 57.8 Å². The van der Waals surface area contributed by atoms with E-state index in [0.717, 1.165) is 31.9 Å². The van der Waals surface area contributed by atoms with Gasteiger partial charge in [0.25, 0.3) is 0 Å². The topological polar surface area (TPSA) is 23.6 Å². The van der Waals surface area contributed by atoms with Crippen LogP contribution < -0.4 is 4.90 Å². The first kappa shape index (κ1) is 25.1. The summed E-state index contributed by atoms with van der Waals surface area (Å²) in [5.74, 6) is 0.138. The molecule has 5 heteroatoms. The van der Waals surface area contributed by atoms with Gasteiger partial charge < -0.3 is 9.80 Å². The van der Waals surface area contributed by atoms with Crippen molar-refractivity contribution in [3.8, 4) is 0 Å². The van der Waals surface area contributed by atoms with E-state index in [1.54, 1.807) is 13.0 Å². The minimum absolute atomic E-state index is 0.138. The Morgan fingerprint density at radius 1 is 0.821 bits per heavy atom. The summed E-state index contributed by atoms with van der Waals surface area (Å²) >= 11 is 11.9. The Labute approximate surface area is 182 Å². The number of anilines is 1. The van der Waals surface area contributed by atoms with E-state index >= 15 is 0 Å². The molecule has 1 aromatic rings. The predicted octanol–water partition coefficient (Wildman–Crippen LogP) is 7.20. The van der Waals surface area contributed by atoms with Gasteiger partial charge in [-0.1, -0.05) is 94.8 Å². The second kappa shape index (κ2) is 15.0. The van der Waals surface area contributed by atoms with Crippen LogP contribution in [0.1, 0.15) is 78.6 Å². The number of hydrogen-bond acceptors (Lipinski definition) is 2. The lowest BCUT2D eigenvalue weighted by Crippen LogP contribution is -2.48. The van der Waals surface area contributed by atoms with Crippen molar-refractivity contribution < 1.29 is 4.79 Å². The predicted molar refractivity (Wildman–Crippen MR) is 124 cm³/mol. The van der Waals surface area contributed by atoms with Crippen molar-refractivity contribution in [2.75, 3.05) is 31.1 Å². The maximum absolute atomic E-state index is 11.2. The van der Waals surface area contributed by atoms with Gasteiger partial charge in [0.2, 0.25) is 5.91 Å². The van der Waals surface area contributed by atoms with E-state index in [1.807, 2.05) is 17.0 Å². The van der Waals surface area contributed by atoms with Gasteiger partial charge in [0.05, 0.1) is 10.0 Å². The normalized spacial score (nSPS) is 13.9. The quantitative estimate of drug-likeness (QED) is 0.388. The van der Waals surface area contributed by atoms with Crippen LogP contribution in [0.3, 0.4) is 0 Å². The molecule has 0 N–H and O–H groups in total. The average Bonchev–Trinajstić information content (AvgIpc) is 2.70. The third-order valence-electron chi connectivity index (χ3n) is 5.20. The van der Waals surface area contributed by atoms with Crippen molar-refractivity contribution >= 4 is 34.8 Å². The molecule has 2 rings (SSSR count). The number of rotatable bonds is 9. The molecular weight excluding hydrogens is 391 g/mol. The molecule has 0 bridgehead atoms. The molecule has 160 valence electrons. The van der Waals surface area contributed by atoms with Crippen molar-refractivity contribution in [1.29, 1.82) is 0 Å². The van der Waals surface area contributed by atoms with Gasteiger partial charge in [0.1, 0.15) is 0 Å². The van der Waals surface area contributed by atoms with E-state index in [9.17, 15) is 4.79 Å². The lowest BCUT2D eigenvalue weighted by Gasteiger charge is -2.35. The molecule has 0 unspecified atom stereocenters. The van der Waals surface area contributed by atoms with Crippen LogP contribution in [0.15, 0.2) is 18.2 Å². The summed E-state index contributed by atoms with van der Waals surface area (Å²) in [6.45, 7) is 9.34. The fourth-order valence-corrected chi connectivity index (χ4v) is 3.64. The van der Waals surface area contributed by atoms with Gasteiger partial charge in [0.15, 0.2) is 0 Å². The lowest BCUT2D eigenvalue weighted by atomic mass is 10.1. The molecule has 0 radical (unpaired) electrons. The number of unbranched alkanes of at least 4 members (excludes halogenated alkanes) is 8. The molecular formula is C23H38Cl2N2O. The minimum atomic E-state index is 0.138. The van der Waals surface area contributed by atoms with Crippen LogP contribution in [0, 0.1) is 0 Å².